The lowest BCUT2D eigenvalue weighted by Gasteiger charge is -2.18. The Morgan fingerprint density at radius 3 is 1.82 bits per heavy atom. The van der Waals surface area contributed by atoms with E-state index in [2.05, 4.69) is 13.8 Å². The SMILES string of the molecule is CC.CC(=O)CN(C)C(C)C. The zero-order chi connectivity index (χ0) is 9.44. The summed E-state index contributed by atoms with van der Waals surface area (Å²) in [6.45, 7) is 10.3. The van der Waals surface area contributed by atoms with E-state index in [4.69, 9.17) is 0 Å². The van der Waals surface area contributed by atoms with Crippen LogP contribution in [0.3, 0.4) is 0 Å². The number of carbonyl (C=O) groups is 1. The molecule has 0 aliphatic rings. The van der Waals surface area contributed by atoms with E-state index >= 15 is 0 Å². The van der Waals surface area contributed by atoms with E-state index in [9.17, 15) is 4.79 Å². The van der Waals surface area contributed by atoms with Crippen molar-refractivity contribution in [2.24, 2.45) is 0 Å². The molecule has 0 aromatic heterocycles. The number of carbonyl (C=O) groups excluding carboxylic acids is 1. The van der Waals surface area contributed by atoms with Gasteiger partial charge in [-0.05, 0) is 27.8 Å². The topological polar surface area (TPSA) is 20.3 Å². The molecule has 2 heteroatoms. The monoisotopic (exact) mass is 159 g/mol. The van der Waals surface area contributed by atoms with Gasteiger partial charge in [0.2, 0.25) is 0 Å². The first kappa shape index (κ1) is 13.2. The van der Waals surface area contributed by atoms with Crippen LogP contribution in [0, 0.1) is 0 Å². The van der Waals surface area contributed by atoms with Crippen LogP contribution in [0.15, 0.2) is 0 Å². The molecule has 0 saturated carbocycles. The Labute approximate surface area is 70.6 Å². The van der Waals surface area contributed by atoms with Crippen LogP contribution in [0.4, 0.5) is 0 Å². The van der Waals surface area contributed by atoms with Gasteiger partial charge in [0.25, 0.3) is 0 Å². The summed E-state index contributed by atoms with van der Waals surface area (Å²) in [7, 11) is 1.95. The van der Waals surface area contributed by atoms with Gasteiger partial charge in [0.15, 0.2) is 0 Å². The maximum Gasteiger partial charge on any atom is 0.143 e. The third kappa shape index (κ3) is 9.63. The van der Waals surface area contributed by atoms with E-state index in [1.54, 1.807) is 6.92 Å². The summed E-state index contributed by atoms with van der Waals surface area (Å²) in [5.74, 6) is 0.228. The normalized spacial score (nSPS) is 9.45. The standard InChI is InChI=1S/C7H15NO.C2H6/c1-6(2)8(4)5-7(3)9;1-2/h6H,5H2,1-4H3;1-2H3. The predicted molar refractivity (Wildman–Crippen MR) is 49.8 cm³/mol. The first-order valence-electron chi connectivity index (χ1n) is 4.23. The summed E-state index contributed by atoms with van der Waals surface area (Å²) in [5.41, 5.74) is 0. The quantitative estimate of drug-likeness (QED) is 0.627. The number of hydrogen-bond acceptors (Lipinski definition) is 2. The first-order valence-corrected chi connectivity index (χ1v) is 4.23. The minimum atomic E-state index is 0.228. The Hall–Kier alpha value is -0.370. The van der Waals surface area contributed by atoms with Crippen molar-refractivity contribution in [2.45, 2.75) is 40.7 Å². The fraction of sp³-hybridized carbons (Fsp3) is 0.889. The smallest absolute Gasteiger partial charge is 0.143 e. The van der Waals surface area contributed by atoms with Crippen LogP contribution in [0.1, 0.15) is 34.6 Å². The molecule has 68 valence electrons. The highest BCUT2D eigenvalue weighted by Gasteiger charge is 2.03. The molecule has 0 radical (unpaired) electrons. The lowest BCUT2D eigenvalue weighted by molar-refractivity contribution is -0.118. The molecule has 0 aromatic rings. The average molecular weight is 159 g/mol. The second-order valence-electron chi connectivity index (χ2n) is 2.71. The van der Waals surface area contributed by atoms with E-state index in [0.717, 1.165) is 0 Å². The zero-order valence-corrected chi connectivity index (χ0v) is 8.64. The summed E-state index contributed by atoms with van der Waals surface area (Å²) in [4.78, 5) is 12.5. The first-order chi connectivity index (χ1) is 5.04. The van der Waals surface area contributed by atoms with Crippen LogP contribution in [0.5, 0.6) is 0 Å². The molecular weight excluding hydrogens is 138 g/mol. The summed E-state index contributed by atoms with van der Waals surface area (Å²) < 4.78 is 0. The Balaban J connectivity index is 0. The maximum atomic E-state index is 10.5. The molecule has 0 fully saturated rings. The number of ketones is 1. The predicted octanol–water partition coefficient (Wildman–Crippen LogP) is 1.94. The van der Waals surface area contributed by atoms with Crippen LogP contribution in [0.2, 0.25) is 0 Å². The van der Waals surface area contributed by atoms with E-state index in [0.29, 0.717) is 12.6 Å². The Bertz CT molecular complexity index is 99.7. The molecule has 2 nitrogen and oxygen atoms in total. The molecule has 0 unspecified atom stereocenters. The van der Waals surface area contributed by atoms with E-state index in [1.807, 2.05) is 25.8 Å². The highest BCUT2D eigenvalue weighted by Crippen LogP contribution is 1.91. The van der Waals surface area contributed by atoms with Gasteiger partial charge >= 0.3 is 0 Å². The number of hydrogen-bond donors (Lipinski definition) is 0. The molecule has 0 spiro atoms. The van der Waals surface area contributed by atoms with Crippen molar-refractivity contribution < 1.29 is 4.79 Å². The minimum Gasteiger partial charge on any atom is -0.299 e. The van der Waals surface area contributed by atoms with Crippen molar-refractivity contribution in [2.75, 3.05) is 13.6 Å². The zero-order valence-electron chi connectivity index (χ0n) is 8.64. The van der Waals surface area contributed by atoms with Gasteiger partial charge in [0, 0.05) is 6.04 Å². The van der Waals surface area contributed by atoms with Crippen LogP contribution in [-0.4, -0.2) is 30.3 Å². The lowest BCUT2D eigenvalue weighted by atomic mass is 10.3. The van der Waals surface area contributed by atoms with Crippen LogP contribution >= 0.6 is 0 Å². The number of Topliss-reactive ketones (excluding diaryl/α,β-unsaturated/α-hetero) is 1. The van der Waals surface area contributed by atoms with Gasteiger partial charge in [-0.3, -0.25) is 9.69 Å². The van der Waals surface area contributed by atoms with Gasteiger partial charge in [-0.2, -0.15) is 0 Å². The highest BCUT2D eigenvalue weighted by atomic mass is 16.1. The maximum absolute atomic E-state index is 10.5. The van der Waals surface area contributed by atoms with Gasteiger partial charge in [0.1, 0.15) is 5.78 Å². The van der Waals surface area contributed by atoms with Crippen molar-refractivity contribution in [3.63, 3.8) is 0 Å². The van der Waals surface area contributed by atoms with Gasteiger partial charge in [-0.15, -0.1) is 0 Å². The van der Waals surface area contributed by atoms with Crippen molar-refractivity contribution in [3.05, 3.63) is 0 Å². The minimum absolute atomic E-state index is 0.228. The molecule has 0 heterocycles. The van der Waals surface area contributed by atoms with Gasteiger partial charge in [0.05, 0.1) is 6.54 Å². The molecule has 0 aromatic carbocycles. The van der Waals surface area contributed by atoms with E-state index in [-0.39, 0.29) is 5.78 Å². The molecule has 0 saturated heterocycles. The van der Waals surface area contributed by atoms with E-state index < -0.39 is 0 Å². The fourth-order valence-electron chi connectivity index (χ4n) is 0.534. The molecule has 0 amide bonds. The average Bonchev–Trinajstić information content (AvgIpc) is 1.90. The highest BCUT2D eigenvalue weighted by molar-refractivity contribution is 5.77. The second-order valence-corrected chi connectivity index (χ2v) is 2.71. The molecule has 0 bridgehead atoms. The summed E-state index contributed by atoms with van der Waals surface area (Å²) >= 11 is 0. The lowest BCUT2D eigenvalue weighted by Crippen LogP contribution is -2.30. The fourth-order valence-corrected chi connectivity index (χ4v) is 0.534. The molecule has 0 rings (SSSR count). The molecule has 11 heavy (non-hydrogen) atoms. The number of likely N-dealkylation sites (N-methyl/N-ethyl adjacent to an activating group) is 1. The van der Waals surface area contributed by atoms with Crippen LogP contribution in [0.25, 0.3) is 0 Å². The van der Waals surface area contributed by atoms with Gasteiger partial charge in [-0.1, -0.05) is 13.8 Å². The van der Waals surface area contributed by atoms with Crippen molar-refractivity contribution in [1.82, 2.24) is 4.90 Å². The van der Waals surface area contributed by atoms with Crippen LogP contribution < -0.4 is 0 Å². The van der Waals surface area contributed by atoms with Crippen LogP contribution in [-0.2, 0) is 4.79 Å². The number of rotatable bonds is 3. The van der Waals surface area contributed by atoms with Crippen molar-refractivity contribution in [3.8, 4) is 0 Å². The van der Waals surface area contributed by atoms with Gasteiger partial charge < -0.3 is 0 Å². The largest absolute Gasteiger partial charge is 0.299 e. The van der Waals surface area contributed by atoms with Crippen molar-refractivity contribution >= 4 is 5.78 Å². The molecule has 0 aliphatic carbocycles. The Morgan fingerprint density at radius 2 is 1.73 bits per heavy atom. The van der Waals surface area contributed by atoms with Crippen molar-refractivity contribution in [1.29, 1.82) is 0 Å². The summed E-state index contributed by atoms with van der Waals surface area (Å²) in [6.07, 6.45) is 0. The summed E-state index contributed by atoms with van der Waals surface area (Å²) in [5, 5.41) is 0. The molecule has 0 aliphatic heterocycles. The third-order valence-corrected chi connectivity index (χ3v) is 1.35. The second kappa shape index (κ2) is 7.73. The molecular formula is C9H21NO. The Kier molecular flexibility index (Phi) is 9.31. The molecule has 0 N–H and O–H groups in total. The number of nitrogens with zero attached hydrogens (tertiary/aromatic N) is 1. The van der Waals surface area contributed by atoms with E-state index in [1.165, 1.54) is 0 Å². The van der Waals surface area contributed by atoms with Gasteiger partial charge in [-0.25, -0.2) is 0 Å². The Morgan fingerprint density at radius 1 is 1.36 bits per heavy atom. The molecule has 0 atom stereocenters. The summed E-state index contributed by atoms with van der Waals surface area (Å²) in [6, 6.07) is 0.467. The third-order valence-electron chi connectivity index (χ3n) is 1.35.